The van der Waals surface area contributed by atoms with Gasteiger partial charge in [0.05, 0.1) is 29.8 Å². The van der Waals surface area contributed by atoms with Crippen molar-refractivity contribution >= 4 is 17.4 Å². The number of ether oxygens (including phenoxy) is 1. The summed E-state index contributed by atoms with van der Waals surface area (Å²) in [6, 6.07) is 0. The smallest absolute Gasteiger partial charge is 0.322 e. The van der Waals surface area contributed by atoms with Crippen molar-refractivity contribution < 1.29 is 9.53 Å². The first-order chi connectivity index (χ1) is 8.92. The largest absolute Gasteiger partial charge is 0.465 e. The molecule has 7 heteroatoms. The van der Waals surface area contributed by atoms with Crippen LogP contribution in [-0.2, 0) is 14.9 Å². The van der Waals surface area contributed by atoms with Crippen molar-refractivity contribution in [1.29, 1.82) is 0 Å². The van der Waals surface area contributed by atoms with E-state index in [1.807, 2.05) is 0 Å². The molecule has 0 saturated carbocycles. The lowest BCUT2D eigenvalue weighted by atomic mass is 9.77. The number of anilines is 1. The predicted molar refractivity (Wildman–Crippen MR) is 70.4 cm³/mol. The minimum Gasteiger partial charge on any atom is -0.465 e. The maximum absolute atomic E-state index is 12.3. The second-order valence-electron chi connectivity index (χ2n) is 4.51. The highest BCUT2D eigenvalue weighted by Crippen LogP contribution is 2.35. The number of fused-ring (bicyclic) bond motifs is 1. The van der Waals surface area contributed by atoms with Crippen LogP contribution in [0.5, 0.6) is 0 Å². The van der Waals surface area contributed by atoms with Crippen molar-refractivity contribution in [3.8, 4) is 0 Å². The van der Waals surface area contributed by atoms with E-state index in [1.165, 1.54) is 11.2 Å². The zero-order valence-corrected chi connectivity index (χ0v) is 11.4. The summed E-state index contributed by atoms with van der Waals surface area (Å²) in [6.07, 6.45) is 1.48. The Kier molecular flexibility index (Phi) is 3.13. The first kappa shape index (κ1) is 13.3. The summed E-state index contributed by atoms with van der Waals surface area (Å²) < 4.78 is 5.09. The van der Waals surface area contributed by atoms with Gasteiger partial charge in [-0.1, -0.05) is 0 Å². The molecule has 1 aliphatic rings. The third-order valence-electron chi connectivity index (χ3n) is 3.39. The number of carbonyl (C=O) groups is 1. The summed E-state index contributed by atoms with van der Waals surface area (Å²) in [5.74, 6) is -0.484. The molecule has 0 amide bonds. The normalized spacial score (nSPS) is 21.7. The van der Waals surface area contributed by atoms with E-state index in [4.69, 9.17) is 4.74 Å². The predicted octanol–water partition coefficient (Wildman–Crippen LogP) is 0.416. The quantitative estimate of drug-likeness (QED) is 0.782. The number of aromatic nitrogens is 2. The fraction of sp³-hybridized carbons (Fsp3) is 0.500. The third-order valence-corrected chi connectivity index (χ3v) is 3.39. The molecule has 0 saturated heterocycles. The summed E-state index contributed by atoms with van der Waals surface area (Å²) in [6.45, 7) is 5.32. The van der Waals surface area contributed by atoms with E-state index in [0.717, 1.165) is 0 Å². The van der Waals surface area contributed by atoms with Gasteiger partial charge < -0.3 is 4.74 Å². The molecular weight excluding hydrogens is 248 g/mol. The number of hydrogen-bond acceptors (Lipinski definition) is 6. The fourth-order valence-electron chi connectivity index (χ4n) is 2.20. The Hall–Kier alpha value is -2.18. The lowest BCUT2D eigenvalue weighted by Gasteiger charge is -2.34. The summed E-state index contributed by atoms with van der Waals surface area (Å²) >= 11 is 0. The molecule has 0 spiro atoms. The third kappa shape index (κ3) is 1.81. The van der Waals surface area contributed by atoms with E-state index in [1.54, 1.807) is 27.8 Å². The number of carbonyl (C=O) groups excluding carboxylic acids is 1. The Morgan fingerprint density at radius 2 is 2.26 bits per heavy atom. The first-order valence-electron chi connectivity index (χ1n) is 5.97. The lowest BCUT2D eigenvalue weighted by Crippen LogP contribution is -2.49. The van der Waals surface area contributed by atoms with E-state index >= 15 is 0 Å². The van der Waals surface area contributed by atoms with Crippen LogP contribution in [0.3, 0.4) is 0 Å². The minimum absolute atomic E-state index is 0.246. The van der Waals surface area contributed by atoms with Gasteiger partial charge in [-0.05, 0) is 20.8 Å². The van der Waals surface area contributed by atoms with Gasteiger partial charge in [-0.15, -0.1) is 0 Å². The average molecular weight is 264 g/mol. The van der Waals surface area contributed by atoms with Crippen LogP contribution in [-0.4, -0.2) is 35.5 Å². The maximum atomic E-state index is 12.3. The van der Waals surface area contributed by atoms with Crippen molar-refractivity contribution in [1.82, 2.24) is 10.2 Å². The second kappa shape index (κ2) is 4.49. The molecule has 2 heterocycles. The van der Waals surface area contributed by atoms with Crippen LogP contribution in [0.1, 0.15) is 26.3 Å². The van der Waals surface area contributed by atoms with Gasteiger partial charge in [-0.2, -0.15) is 10.2 Å². The molecule has 0 radical (unpaired) electrons. The summed E-state index contributed by atoms with van der Waals surface area (Å²) in [7, 11) is 1.70. The number of nitrogens with zero attached hydrogens (tertiary/aromatic N) is 3. The van der Waals surface area contributed by atoms with Gasteiger partial charge >= 0.3 is 5.97 Å². The number of esters is 1. The number of aromatic amines is 1. The van der Waals surface area contributed by atoms with Gasteiger partial charge in [0.15, 0.2) is 0 Å². The van der Waals surface area contributed by atoms with E-state index < -0.39 is 16.9 Å². The summed E-state index contributed by atoms with van der Waals surface area (Å²) in [4.78, 5) is 24.3. The standard InChI is InChI=1S/C12H16N4O3/c1-5-19-11(18)12(3)7(2)15-16(4)8-6-13-14-10(17)9(8)12/h6H,5H2,1-4H3,(H,14,17). The highest BCUT2D eigenvalue weighted by molar-refractivity contribution is 6.13. The van der Waals surface area contributed by atoms with Crippen LogP contribution < -0.4 is 10.6 Å². The molecule has 1 aromatic rings. The number of rotatable bonds is 2. The van der Waals surface area contributed by atoms with Crippen LogP contribution in [0, 0.1) is 0 Å². The molecule has 1 N–H and O–H groups in total. The Morgan fingerprint density at radius 1 is 1.58 bits per heavy atom. The summed E-state index contributed by atoms with van der Waals surface area (Å²) in [5, 5.41) is 11.9. The van der Waals surface area contributed by atoms with Crippen molar-refractivity contribution in [2.75, 3.05) is 18.7 Å². The highest BCUT2D eigenvalue weighted by Gasteiger charge is 2.47. The number of hydrogen-bond donors (Lipinski definition) is 1. The van der Waals surface area contributed by atoms with Crippen molar-refractivity contribution in [2.24, 2.45) is 5.10 Å². The lowest BCUT2D eigenvalue weighted by molar-refractivity contribution is -0.146. The number of hydrazone groups is 1. The molecule has 1 aromatic heterocycles. The molecule has 0 aliphatic carbocycles. The van der Waals surface area contributed by atoms with Crippen molar-refractivity contribution in [3.63, 3.8) is 0 Å². The molecule has 1 atom stereocenters. The molecule has 102 valence electrons. The van der Waals surface area contributed by atoms with Crippen molar-refractivity contribution in [3.05, 3.63) is 22.1 Å². The Balaban J connectivity index is 2.71. The molecular formula is C12H16N4O3. The van der Waals surface area contributed by atoms with Crippen LogP contribution >= 0.6 is 0 Å². The van der Waals surface area contributed by atoms with E-state index in [2.05, 4.69) is 15.3 Å². The molecule has 0 fully saturated rings. The molecule has 0 bridgehead atoms. The Morgan fingerprint density at radius 3 is 2.89 bits per heavy atom. The topological polar surface area (TPSA) is 87.7 Å². The highest BCUT2D eigenvalue weighted by atomic mass is 16.5. The van der Waals surface area contributed by atoms with Crippen LogP contribution in [0.15, 0.2) is 16.1 Å². The molecule has 19 heavy (non-hydrogen) atoms. The van der Waals surface area contributed by atoms with E-state index in [9.17, 15) is 9.59 Å². The van der Waals surface area contributed by atoms with Gasteiger partial charge in [0, 0.05) is 7.05 Å². The van der Waals surface area contributed by atoms with Gasteiger partial charge in [-0.3, -0.25) is 14.6 Å². The molecule has 1 unspecified atom stereocenters. The van der Waals surface area contributed by atoms with Crippen LogP contribution in [0.25, 0.3) is 0 Å². The van der Waals surface area contributed by atoms with Gasteiger partial charge in [0.1, 0.15) is 5.41 Å². The zero-order valence-electron chi connectivity index (χ0n) is 11.4. The van der Waals surface area contributed by atoms with E-state index in [0.29, 0.717) is 17.0 Å². The zero-order chi connectivity index (χ0) is 14.2. The van der Waals surface area contributed by atoms with Crippen LogP contribution in [0.4, 0.5) is 5.69 Å². The monoisotopic (exact) mass is 264 g/mol. The first-order valence-corrected chi connectivity index (χ1v) is 5.97. The molecule has 1 aliphatic heterocycles. The number of H-pyrrole nitrogens is 1. The molecule has 7 nitrogen and oxygen atoms in total. The second-order valence-corrected chi connectivity index (χ2v) is 4.51. The summed E-state index contributed by atoms with van der Waals surface area (Å²) in [5.41, 5.74) is -0.262. The Labute approximate surface area is 110 Å². The van der Waals surface area contributed by atoms with Crippen LogP contribution in [0.2, 0.25) is 0 Å². The van der Waals surface area contributed by atoms with Gasteiger partial charge in [-0.25, -0.2) is 5.10 Å². The van der Waals surface area contributed by atoms with Gasteiger partial charge in [0.2, 0.25) is 0 Å². The fourth-order valence-corrected chi connectivity index (χ4v) is 2.20. The average Bonchev–Trinajstić information content (AvgIpc) is 2.36. The minimum atomic E-state index is -1.19. The van der Waals surface area contributed by atoms with Gasteiger partial charge in [0.25, 0.3) is 5.56 Å². The molecule has 2 rings (SSSR count). The Bertz CT molecular complexity index is 607. The number of nitrogens with one attached hydrogen (secondary N) is 1. The van der Waals surface area contributed by atoms with Crippen molar-refractivity contribution in [2.45, 2.75) is 26.2 Å². The maximum Gasteiger partial charge on any atom is 0.322 e. The van der Waals surface area contributed by atoms with E-state index in [-0.39, 0.29) is 6.61 Å². The SMILES string of the molecule is CCOC(=O)C1(C)C(C)=NN(C)c2cn[nH]c(=O)c21. The molecule has 0 aromatic carbocycles.